The molecule has 0 spiro atoms. The molecular formula is C16H15N5OS2. The molecule has 0 aromatic carbocycles. The minimum Gasteiger partial charge on any atom is -0.416 e. The Morgan fingerprint density at radius 2 is 2.04 bits per heavy atom. The highest BCUT2D eigenvalue weighted by atomic mass is 32.2. The summed E-state index contributed by atoms with van der Waals surface area (Å²) in [5, 5.41) is 11.8. The maximum absolute atomic E-state index is 5.68. The van der Waals surface area contributed by atoms with Gasteiger partial charge in [-0.1, -0.05) is 17.8 Å². The molecule has 0 unspecified atom stereocenters. The fourth-order valence-electron chi connectivity index (χ4n) is 2.37. The molecule has 0 saturated carbocycles. The van der Waals surface area contributed by atoms with E-state index in [9.17, 15) is 0 Å². The van der Waals surface area contributed by atoms with Crippen LogP contribution in [0.15, 0.2) is 39.5 Å². The number of aromatic nitrogens is 5. The van der Waals surface area contributed by atoms with Gasteiger partial charge in [0.25, 0.3) is 5.22 Å². The van der Waals surface area contributed by atoms with Crippen molar-refractivity contribution in [2.75, 3.05) is 0 Å². The lowest BCUT2D eigenvalue weighted by Gasteiger charge is -1.93. The van der Waals surface area contributed by atoms with E-state index < -0.39 is 0 Å². The van der Waals surface area contributed by atoms with Crippen molar-refractivity contribution in [3.8, 4) is 0 Å². The number of fused-ring (bicyclic) bond motifs is 1. The van der Waals surface area contributed by atoms with Gasteiger partial charge in [0.15, 0.2) is 0 Å². The maximum Gasteiger partial charge on any atom is 0.276 e. The van der Waals surface area contributed by atoms with Crippen LogP contribution in [-0.2, 0) is 12.2 Å². The monoisotopic (exact) mass is 357 g/mol. The summed E-state index contributed by atoms with van der Waals surface area (Å²) in [6.07, 6.45) is 4.67. The van der Waals surface area contributed by atoms with Crippen molar-refractivity contribution in [2.24, 2.45) is 0 Å². The predicted octanol–water partition coefficient (Wildman–Crippen LogP) is 3.67. The molecule has 0 aliphatic heterocycles. The van der Waals surface area contributed by atoms with Gasteiger partial charge in [-0.25, -0.2) is 9.97 Å². The van der Waals surface area contributed by atoms with Crippen molar-refractivity contribution in [3.05, 3.63) is 57.8 Å². The van der Waals surface area contributed by atoms with Crippen LogP contribution in [0.2, 0.25) is 0 Å². The van der Waals surface area contributed by atoms with Crippen LogP contribution in [0.5, 0.6) is 0 Å². The van der Waals surface area contributed by atoms with Crippen LogP contribution in [0.25, 0.3) is 5.65 Å². The summed E-state index contributed by atoms with van der Waals surface area (Å²) in [6.45, 7) is 4.05. The van der Waals surface area contributed by atoms with Gasteiger partial charge in [-0.2, -0.15) is 0 Å². The largest absolute Gasteiger partial charge is 0.416 e. The van der Waals surface area contributed by atoms with Crippen LogP contribution in [-0.4, -0.2) is 24.6 Å². The highest BCUT2D eigenvalue weighted by molar-refractivity contribution is 7.98. The smallest absolute Gasteiger partial charge is 0.276 e. The molecule has 0 N–H and O–H groups in total. The van der Waals surface area contributed by atoms with Gasteiger partial charge < -0.3 is 8.82 Å². The third kappa shape index (κ3) is 3.34. The van der Waals surface area contributed by atoms with E-state index >= 15 is 0 Å². The summed E-state index contributed by atoms with van der Waals surface area (Å²) >= 11 is 3.12. The molecule has 0 saturated heterocycles. The number of rotatable bonds is 5. The van der Waals surface area contributed by atoms with Gasteiger partial charge in [-0.3, -0.25) is 0 Å². The summed E-state index contributed by atoms with van der Waals surface area (Å²) in [4.78, 5) is 9.00. The number of thiazole rings is 1. The number of hydrogen-bond donors (Lipinski definition) is 0. The Morgan fingerprint density at radius 3 is 2.88 bits per heavy atom. The number of thioether (sulfide) groups is 1. The summed E-state index contributed by atoms with van der Waals surface area (Å²) < 4.78 is 7.72. The fraction of sp³-hybridized carbons (Fsp3) is 0.250. The zero-order chi connectivity index (χ0) is 16.5. The van der Waals surface area contributed by atoms with Gasteiger partial charge in [0.2, 0.25) is 5.89 Å². The Hall–Kier alpha value is -2.19. The third-order valence-electron chi connectivity index (χ3n) is 3.44. The zero-order valence-electron chi connectivity index (χ0n) is 13.3. The minimum atomic E-state index is 0.560. The van der Waals surface area contributed by atoms with Gasteiger partial charge in [-0.15, -0.1) is 21.5 Å². The van der Waals surface area contributed by atoms with Crippen molar-refractivity contribution in [1.29, 1.82) is 0 Å². The Kier molecular flexibility index (Phi) is 4.07. The molecule has 8 heteroatoms. The SMILES string of the molecule is Cc1ccc2nc(CSc3nnc(Cc4csc(C)n4)o3)cn2c1. The third-order valence-corrected chi connectivity index (χ3v) is 5.11. The number of aryl methyl sites for hydroxylation is 2. The van der Waals surface area contributed by atoms with Crippen molar-refractivity contribution < 1.29 is 4.42 Å². The van der Waals surface area contributed by atoms with Crippen LogP contribution in [0.4, 0.5) is 0 Å². The summed E-state index contributed by atoms with van der Waals surface area (Å²) in [7, 11) is 0. The zero-order valence-corrected chi connectivity index (χ0v) is 14.9. The van der Waals surface area contributed by atoms with Gasteiger partial charge in [-0.05, 0) is 25.5 Å². The average Bonchev–Trinajstić information content (AvgIpc) is 3.25. The van der Waals surface area contributed by atoms with Crippen LogP contribution < -0.4 is 0 Å². The van der Waals surface area contributed by atoms with Crippen molar-refractivity contribution in [3.63, 3.8) is 0 Å². The second-order valence-electron chi connectivity index (χ2n) is 5.49. The first-order chi connectivity index (χ1) is 11.7. The first-order valence-electron chi connectivity index (χ1n) is 7.46. The predicted molar refractivity (Wildman–Crippen MR) is 93.4 cm³/mol. The topological polar surface area (TPSA) is 69.1 Å². The molecule has 0 aliphatic carbocycles. The van der Waals surface area contributed by atoms with Crippen LogP contribution in [0.3, 0.4) is 0 Å². The normalized spacial score (nSPS) is 11.4. The minimum absolute atomic E-state index is 0.560. The molecule has 4 heterocycles. The second-order valence-corrected chi connectivity index (χ2v) is 7.48. The van der Waals surface area contributed by atoms with Crippen molar-refractivity contribution >= 4 is 28.7 Å². The molecule has 0 radical (unpaired) electrons. The first-order valence-corrected chi connectivity index (χ1v) is 9.33. The molecule has 6 nitrogen and oxygen atoms in total. The summed E-state index contributed by atoms with van der Waals surface area (Å²) in [5.41, 5.74) is 4.10. The molecule has 4 aromatic rings. The number of hydrogen-bond acceptors (Lipinski definition) is 7. The molecular weight excluding hydrogens is 342 g/mol. The van der Waals surface area contributed by atoms with Gasteiger partial charge in [0.1, 0.15) is 5.65 Å². The molecule has 122 valence electrons. The lowest BCUT2D eigenvalue weighted by Crippen LogP contribution is -1.88. The standard InChI is InChI=1S/C16H15N5OS2/c1-10-3-4-14-18-13(7-21(14)6-10)9-24-16-20-19-15(22-16)5-12-8-23-11(2)17-12/h3-4,6-8H,5,9H2,1-2H3. The Labute approximate surface area is 147 Å². The van der Waals surface area contributed by atoms with E-state index in [2.05, 4.69) is 39.4 Å². The van der Waals surface area contributed by atoms with Gasteiger partial charge in [0.05, 0.1) is 22.8 Å². The van der Waals surface area contributed by atoms with Crippen molar-refractivity contribution in [2.45, 2.75) is 31.2 Å². The van der Waals surface area contributed by atoms with E-state index in [0.717, 1.165) is 22.0 Å². The number of nitrogens with zero attached hydrogens (tertiary/aromatic N) is 5. The summed E-state index contributed by atoms with van der Waals surface area (Å²) in [5.74, 6) is 1.28. The van der Waals surface area contributed by atoms with E-state index in [0.29, 0.717) is 23.3 Å². The quantitative estimate of drug-likeness (QED) is 0.508. The highest BCUT2D eigenvalue weighted by Crippen LogP contribution is 2.22. The maximum atomic E-state index is 5.68. The molecule has 4 rings (SSSR count). The van der Waals surface area contributed by atoms with E-state index in [-0.39, 0.29) is 0 Å². The van der Waals surface area contributed by atoms with E-state index in [1.54, 1.807) is 11.3 Å². The highest BCUT2D eigenvalue weighted by Gasteiger charge is 2.11. The molecule has 0 amide bonds. The molecule has 0 fully saturated rings. The Bertz CT molecular complexity index is 987. The molecule has 4 aromatic heterocycles. The average molecular weight is 357 g/mol. The van der Waals surface area contributed by atoms with Gasteiger partial charge >= 0.3 is 0 Å². The van der Waals surface area contributed by atoms with E-state index in [4.69, 9.17) is 4.42 Å². The lowest BCUT2D eigenvalue weighted by atomic mass is 10.3. The Morgan fingerprint density at radius 1 is 1.12 bits per heavy atom. The second kappa shape index (κ2) is 6.37. The van der Waals surface area contributed by atoms with Crippen LogP contribution in [0, 0.1) is 13.8 Å². The lowest BCUT2D eigenvalue weighted by molar-refractivity contribution is 0.419. The number of pyridine rings is 1. The van der Waals surface area contributed by atoms with E-state index in [1.807, 2.05) is 29.0 Å². The fourth-order valence-corrected chi connectivity index (χ4v) is 3.65. The molecule has 0 aliphatic rings. The van der Waals surface area contributed by atoms with Crippen LogP contribution >= 0.6 is 23.1 Å². The Balaban J connectivity index is 1.41. The summed E-state index contributed by atoms with van der Waals surface area (Å²) in [6, 6.07) is 4.08. The molecule has 0 atom stereocenters. The van der Waals surface area contributed by atoms with Crippen molar-refractivity contribution in [1.82, 2.24) is 24.6 Å². The molecule has 24 heavy (non-hydrogen) atoms. The number of imidazole rings is 1. The first kappa shape index (κ1) is 15.3. The van der Waals surface area contributed by atoms with E-state index in [1.165, 1.54) is 17.3 Å². The molecule has 0 bridgehead atoms. The van der Waals surface area contributed by atoms with Crippen LogP contribution in [0.1, 0.15) is 27.8 Å². The van der Waals surface area contributed by atoms with Gasteiger partial charge in [0, 0.05) is 23.5 Å².